The lowest BCUT2D eigenvalue weighted by atomic mass is 10.2. The Hall–Kier alpha value is -2.48. The van der Waals surface area contributed by atoms with Gasteiger partial charge in [-0.25, -0.2) is 4.98 Å². The average Bonchev–Trinajstić information content (AvgIpc) is 2.91. The number of benzene rings is 1. The minimum absolute atomic E-state index is 0.0280. The zero-order valence-electron chi connectivity index (χ0n) is 15.2. The van der Waals surface area contributed by atoms with Gasteiger partial charge in [0.15, 0.2) is 17.0 Å². The van der Waals surface area contributed by atoms with Crippen molar-refractivity contribution in [3.63, 3.8) is 0 Å². The van der Waals surface area contributed by atoms with Gasteiger partial charge < -0.3 is 24.8 Å². The second-order valence-electron chi connectivity index (χ2n) is 6.22. The number of anilines is 1. The number of imidazole rings is 1. The average molecular weight is 391 g/mol. The molecular weight excluding hydrogens is 369 g/mol. The fourth-order valence-corrected chi connectivity index (χ4v) is 3.30. The van der Waals surface area contributed by atoms with Gasteiger partial charge in [-0.15, -0.1) is 0 Å². The summed E-state index contributed by atoms with van der Waals surface area (Å²) in [5.74, 6) is 0.899. The molecule has 0 atom stereocenters. The number of nitrogens with two attached hydrogens (primary N) is 1. The van der Waals surface area contributed by atoms with E-state index < -0.39 is 7.60 Å². The molecule has 0 unspecified atom stereocenters. The highest BCUT2D eigenvalue weighted by Crippen LogP contribution is 2.33. The highest BCUT2D eigenvalue weighted by atomic mass is 31.2. The summed E-state index contributed by atoms with van der Waals surface area (Å²) < 4.78 is 18.9. The molecule has 2 aromatic heterocycles. The Morgan fingerprint density at radius 2 is 2.04 bits per heavy atom. The maximum Gasteiger partial charge on any atom is 0.356 e. The molecule has 0 aliphatic rings. The second kappa shape index (κ2) is 7.64. The van der Waals surface area contributed by atoms with Crippen LogP contribution in [0.5, 0.6) is 6.01 Å². The highest BCUT2D eigenvalue weighted by Gasteiger charge is 2.19. The molecule has 0 radical (unpaired) electrons. The van der Waals surface area contributed by atoms with E-state index in [-0.39, 0.29) is 17.1 Å². The Morgan fingerprint density at radius 3 is 2.74 bits per heavy atom. The van der Waals surface area contributed by atoms with E-state index in [4.69, 9.17) is 10.5 Å². The number of fused-ring (bicyclic) bond motifs is 1. The molecule has 3 aromatic rings. The van der Waals surface area contributed by atoms with Crippen LogP contribution in [0.15, 0.2) is 24.3 Å². The Kier molecular flexibility index (Phi) is 5.46. The molecule has 0 amide bonds. The van der Waals surface area contributed by atoms with Crippen LogP contribution in [0.2, 0.25) is 0 Å². The van der Waals surface area contributed by atoms with Crippen LogP contribution in [0, 0.1) is 6.92 Å². The number of nitrogen functional groups attached to an aromatic ring is 1. The van der Waals surface area contributed by atoms with Gasteiger partial charge >= 0.3 is 13.6 Å². The summed E-state index contributed by atoms with van der Waals surface area (Å²) in [5.41, 5.74) is 7.72. The van der Waals surface area contributed by atoms with Gasteiger partial charge in [-0.05, 0) is 31.0 Å². The van der Waals surface area contributed by atoms with Crippen molar-refractivity contribution in [1.29, 1.82) is 0 Å². The minimum Gasteiger partial charge on any atom is -0.463 e. The number of hydrogen-bond acceptors (Lipinski definition) is 6. The molecule has 0 spiro atoms. The Labute approximate surface area is 156 Å². The van der Waals surface area contributed by atoms with E-state index in [1.165, 1.54) is 12.1 Å². The zero-order chi connectivity index (χ0) is 19.6. The first-order valence-corrected chi connectivity index (χ1v) is 10.2. The minimum atomic E-state index is -4.32. The number of rotatable bonds is 7. The Morgan fingerprint density at radius 1 is 1.26 bits per heavy atom. The largest absolute Gasteiger partial charge is 0.463 e. The maximum atomic E-state index is 11.5. The number of aryl methyl sites for hydroxylation is 1. The van der Waals surface area contributed by atoms with Gasteiger partial charge in [0.05, 0.1) is 18.5 Å². The van der Waals surface area contributed by atoms with Crippen molar-refractivity contribution >= 4 is 29.9 Å². The van der Waals surface area contributed by atoms with Crippen LogP contribution in [0.25, 0.3) is 11.2 Å². The molecule has 3 rings (SSSR count). The number of hydrogen-bond donors (Lipinski definition) is 3. The van der Waals surface area contributed by atoms with E-state index in [2.05, 4.69) is 21.9 Å². The summed E-state index contributed by atoms with van der Waals surface area (Å²) in [7, 11) is -4.32. The molecular formula is C17H22N5O4P. The fraction of sp³-hybridized carbons (Fsp3) is 0.353. The standard InChI is InChI=1S/C17H22N5O4P/c1-3-4-8-26-17-20-15(18)14-16(21-17)22(11(2)19-14)10-12-6-5-7-13(9-12)27(23,24)25/h5-7,9H,3-4,8,10H2,1-2H3,(H2,18,20,21)(H2,23,24,25). The van der Waals surface area contributed by atoms with Crippen LogP contribution in [0.1, 0.15) is 31.2 Å². The third-order valence-corrected chi connectivity index (χ3v) is 5.06. The summed E-state index contributed by atoms with van der Waals surface area (Å²) in [6.07, 6.45) is 1.87. The van der Waals surface area contributed by atoms with Crippen LogP contribution in [0.4, 0.5) is 5.82 Å². The van der Waals surface area contributed by atoms with Gasteiger partial charge in [0.1, 0.15) is 5.82 Å². The zero-order valence-corrected chi connectivity index (χ0v) is 16.1. The molecule has 0 bridgehead atoms. The molecule has 0 aliphatic carbocycles. The molecule has 4 N–H and O–H groups in total. The fourth-order valence-electron chi connectivity index (χ4n) is 2.69. The summed E-state index contributed by atoms with van der Waals surface area (Å²) in [6, 6.07) is 6.48. The van der Waals surface area contributed by atoms with Crippen LogP contribution in [-0.2, 0) is 11.1 Å². The first-order chi connectivity index (χ1) is 12.8. The predicted octanol–water partition coefficient (Wildman–Crippen LogP) is 1.75. The first kappa shape index (κ1) is 19.3. The molecule has 144 valence electrons. The predicted molar refractivity (Wildman–Crippen MR) is 102 cm³/mol. The lowest BCUT2D eigenvalue weighted by Crippen LogP contribution is -2.09. The normalized spacial score (nSPS) is 11.9. The number of nitrogens with zero attached hydrogens (tertiary/aromatic N) is 4. The van der Waals surface area contributed by atoms with Crippen LogP contribution in [0.3, 0.4) is 0 Å². The van der Waals surface area contributed by atoms with E-state index in [1.807, 2.05) is 11.5 Å². The summed E-state index contributed by atoms with van der Waals surface area (Å²) in [5, 5.41) is -0.0280. The van der Waals surface area contributed by atoms with Crippen molar-refractivity contribution in [2.75, 3.05) is 12.3 Å². The topological polar surface area (TPSA) is 136 Å². The molecule has 9 nitrogen and oxygen atoms in total. The van der Waals surface area contributed by atoms with Crippen molar-refractivity contribution < 1.29 is 19.1 Å². The van der Waals surface area contributed by atoms with Crippen LogP contribution >= 0.6 is 7.60 Å². The van der Waals surface area contributed by atoms with Crippen molar-refractivity contribution in [3.8, 4) is 6.01 Å². The summed E-state index contributed by atoms with van der Waals surface area (Å²) in [6.45, 7) is 4.71. The number of ether oxygens (including phenoxy) is 1. The van der Waals surface area contributed by atoms with Gasteiger partial charge in [0.25, 0.3) is 0 Å². The molecule has 0 fully saturated rings. The van der Waals surface area contributed by atoms with Gasteiger partial charge in [0, 0.05) is 0 Å². The molecule has 0 saturated carbocycles. The maximum absolute atomic E-state index is 11.5. The SMILES string of the molecule is CCCCOc1nc(N)c2nc(C)n(Cc3cccc(P(=O)(O)O)c3)c2n1. The summed E-state index contributed by atoms with van der Waals surface area (Å²) in [4.78, 5) is 31.8. The van der Waals surface area contributed by atoms with E-state index in [0.717, 1.165) is 12.8 Å². The molecule has 0 aliphatic heterocycles. The van der Waals surface area contributed by atoms with Crippen LogP contribution in [-0.4, -0.2) is 35.9 Å². The van der Waals surface area contributed by atoms with E-state index in [9.17, 15) is 14.4 Å². The molecule has 27 heavy (non-hydrogen) atoms. The van der Waals surface area contributed by atoms with E-state index in [1.54, 1.807) is 12.1 Å². The number of unbranched alkanes of at least 4 members (excludes halogenated alkanes) is 1. The van der Waals surface area contributed by atoms with Crippen molar-refractivity contribution in [2.24, 2.45) is 0 Å². The smallest absolute Gasteiger partial charge is 0.356 e. The van der Waals surface area contributed by atoms with Gasteiger partial charge in [0.2, 0.25) is 0 Å². The van der Waals surface area contributed by atoms with Crippen molar-refractivity contribution in [1.82, 2.24) is 19.5 Å². The van der Waals surface area contributed by atoms with E-state index >= 15 is 0 Å². The second-order valence-corrected chi connectivity index (χ2v) is 7.83. The first-order valence-electron chi connectivity index (χ1n) is 8.57. The third kappa shape index (κ3) is 4.27. The van der Waals surface area contributed by atoms with Crippen molar-refractivity contribution in [3.05, 3.63) is 35.7 Å². The van der Waals surface area contributed by atoms with E-state index in [0.29, 0.717) is 35.7 Å². The quantitative estimate of drug-likeness (QED) is 0.409. The van der Waals surface area contributed by atoms with Gasteiger partial charge in [-0.1, -0.05) is 25.5 Å². The Bertz CT molecular complexity index is 1010. The van der Waals surface area contributed by atoms with Gasteiger partial charge in [-0.3, -0.25) is 4.57 Å². The molecule has 2 heterocycles. The summed E-state index contributed by atoms with van der Waals surface area (Å²) >= 11 is 0. The monoisotopic (exact) mass is 391 g/mol. The molecule has 1 aromatic carbocycles. The third-order valence-electron chi connectivity index (χ3n) is 4.11. The highest BCUT2D eigenvalue weighted by molar-refractivity contribution is 7.60. The van der Waals surface area contributed by atoms with Crippen molar-refractivity contribution in [2.45, 2.75) is 33.2 Å². The van der Waals surface area contributed by atoms with Gasteiger partial charge in [-0.2, -0.15) is 9.97 Å². The lowest BCUT2D eigenvalue weighted by Gasteiger charge is -2.10. The Balaban J connectivity index is 1.99. The van der Waals surface area contributed by atoms with Crippen LogP contribution < -0.4 is 15.8 Å². The lowest BCUT2D eigenvalue weighted by molar-refractivity contribution is 0.286. The molecule has 10 heteroatoms. The molecule has 0 saturated heterocycles. The number of aromatic nitrogens is 4.